The molecule has 0 nitrogen and oxygen atoms in total. The highest BCUT2D eigenvalue weighted by Crippen LogP contribution is 2.55. The quantitative estimate of drug-likeness (QED) is 0.159. The van der Waals surface area contributed by atoms with Crippen molar-refractivity contribution >= 4 is 74.6 Å². The molecule has 0 saturated carbocycles. The average molecular weight is 729 g/mol. The summed E-state index contributed by atoms with van der Waals surface area (Å²) in [6.45, 7) is 4.78. The molecule has 10 aromatic carbocycles. The predicted octanol–water partition coefficient (Wildman–Crippen LogP) is 16.0. The molecule has 0 amide bonds. The maximum absolute atomic E-state index is 2.46. The smallest absolute Gasteiger partial charge is 0.0434 e. The summed E-state index contributed by atoms with van der Waals surface area (Å²) >= 11 is 1.93. The highest BCUT2D eigenvalue weighted by molar-refractivity contribution is 7.26. The molecule has 0 radical (unpaired) electrons. The van der Waals surface area contributed by atoms with Gasteiger partial charge in [0.05, 0.1) is 0 Å². The summed E-state index contributed by atoms with van der Waals surface area (Å²) < 4.78 is 2.74. The Bertz CT molecular complexity index is 3370. The topological polar surface area (TPSA) is 0 Å². The third-order valence-corrected chi connectivity index (χ3v) is 13.8. The summed E-state index contributed by atoms with van der Waals surface area (Å²) in [4.78, 5) is 0. The molecule has 0 spiro atoms. The van der Waals surface area contributed by atoms with Gasteiger partial charge < -0.3 is 0 Å². The Morgan fingerprint density at radius 1 is 0.357 bits per heavy atom. The minimum absolute atomic E-state index is 0.0759. The van der Waals surface area contributed by atoms with Crippen molar-refractivity contribution in [2.45, 2.75) is 19.3 Å². The minimum atomic E-state index is -0.0759. The molecule has 0 N–H and O–H groups in total. The van der Waals surface area contributed by atoms with Gasteiger partial charge in [-0.15, -0.1) is 11.3 Å². The van der Waals surface area contributed by atoms with Gasteiger partial charge in [-0.05, 0) is 117 Å². The lowest BCUT2D eigenvalue weighted by Gasteiger charge is -2.21. The van der Waals surface area contributed by atoms with E-state index in [9.17, 15) is 0 Å². The number of fused-ring (bicyclic) bond motifs is 12. The van der Waals surface area contributed by atoms with E-state index in [0.717, 1.165) is 0 Å². The molecule has 56 heavy (non-hydrogen) atoms. The van der Waals surface area contributed by atoms with Crippen molar-refractivity contribution in [2.75, 3.05) is 0 Å². The first-order valence-electron chi connectivity index (χ1n) is 19.6. The van der Waals surface area contributed by atoms with Crippen LogP contribution in [0.3, 0.4) is 0 Å². The Hall–Kier alpha value is -6.54. The molecule has 0 aliphatic heterocycles. The van der Waals surface area contributed by atoms with E-state index in [2.05, 4.69) is 196 Å². The zero-order valence-electron chi connectivity index (χ0n) is 31.2. The third-order valence-electron chi connectivity index (χ3n) is 12.6. The first kappa shape index (κ1) is 31.8. The van der Waals surface area contributed by atoms with Crippen LogP contribution in [0.25, 0.3) is 108 Å². The normalized spacial score (nSPS) is 13.3. The molecule has 1 aliphatic carbocycles. The average Bonchev–Trinajstić information content (AvgIpc) is 3.74. The molecule has 0 fully saturated rings. The molecule has 11 aromatic rings. The van der Waals surface area contributed by atoms with E-state index in [4.69, 9.17) is 0 Å². The highest BCUT2D eigenvalue weighted by Gasteiger charge is 2.37. The van der Waals surface area contributed by atoms with E-state index in [-0.39, 0.29) is 5.41 Å². The molecule has 0 atom stereocenters. The van der Waals surface area contributed by atoms with Crippen LogP contribution in [-0.4, -0.2) is 0 Å². The molecule has 1 aliphatic rings. The maximum Gasteiger partial charge on any atom is 0.0434 e. The minimum Gasteiger partial charge on any atom is -0.135 e. The number of thiophene rings is 1. The molecular formula is C55H36S. The molecular weight excluding hydrogens is 693 g/mol. The number of benzene rings is 10. The molecule has 1 heteroatoms. The van der Waals surface area contributed by atoms with Gasteiger partial charge in [-0.3, -0.25) is 0 Å². The Labute approximate surface area is 329 Å². The van der Waals surface area contributed by atoms with Crippen LogP contribution in [-0.2, 0) is 5.41 Å². The largest absolute Gasteiger partial charge is 0.135 e. The van der Waals surface area contributed by atoms with Crippen molar-refractivity contribution in [3.63, 3.8) is 0 Å². The second-order valence-electron chi connectivity index (χ2n) is 16.0. The third kappa shape index (κ3) is 4.47. The van der Waals surface area contributed by atoms with Crippen molar-refractivity contribution in [3.05, 3.63) is 193 Å². The fourth-order valence-electron chi connectivity index (χ4n) is 9.94. The fraction of sp³-hybridized carbons (Fsp3) is 0.0545. The second kappa shape index (κ2) is 11.7. The van der Waals surface area contributed by atoms with Crippen LogP contribution in [0.1, 0.15) is 25.0 Å². The van der Waals surface area contributed by atoms with Crippen LogP contribution < -0.4 is 0 Å². The molecule has 1 heterocycles. The van der Waals surface area contributed by atoms with Crippen LogP contribution in [0.15, 0.2) is 182 Å². The van der Waals surface area contributed by atoms with E-state index in [1.54, 1.807) is 0 Å². The van der Waals surface area contributed by atoms with Gasteiger partial charge in [-0.1, -0.05) is 178 Å². The number of rotatable bonds is 3. The van der Waals surface area contributed by atoms with Gasteiger partial charge in [0.1, 0.15) is 0 Å². The van der Waals surface area contributed by atoms with Crippen LogP contribution >= 0.6 is 11.3 Å². The van der Waals surface area contributed by atoms with Crippen molar-refractivity contribution in [1.29, 1.82) is 0 Å². The SMILES string of the molecule is CC1(C)c2ccc(-c3ccc(-c4c5ccccc5c(-c5ccc6ccccc6c5)c5ccccc45)cc3)cc2-c2c1ccc1sc3c4ccccc4ccc3c21. The maximum atomic E-state index is 2.46. The highest BCUT2D eigenvalue weighted by atomic mass is 32.1. The van der Waals surface area contributed by atoms with Crippen molar-refractivity contribution in [1.82, 2.24) is 0 Å². The van der Waals surface area contributed by atoms with E-state index in [0.29, 0.717) is 0 Å². The van der Waals surface area contributed by atoms with E-state index >= 15 is 0 Å². The predicted molar refractivity (Wildman–Crippen MR) is 243 cm³/mol. The molecule has 0 unspecified atom stereocenters. The summed E-state index contributed by atoms with van der Waals surface area (Å²) in [6.07, 6.45) is 0. The van der Waals surface area contributed by atoms with E-state index in [1.165, 1.54) is 119 Å². The zero-order chi connectivity index (χ0) is 37.1. The zero-order valence-corrected chi connectivity index (χ0v) is 32.0. The molecule has 0 saturated heterocycles. The lowest BCUT2D eigenvalue weighted by Crippen LogP contribution is -2.14. The van der Waals surface area contributed by atoms with Crippen molar-refractivity contribution < 1.29 is 0 Å². The second-order valence-corrected chi connectivity index (χ2v) is 17.0. The van der Waals surface area contributed by atoms with E-state index in [1.807, 2.05) is 11.3 Å². The Kier molecular flexibility index (Phi) is 6.66. The van der Waals surface area contributed by atoms with Gasteiger partial charge in [0.25, 0.3) is 0 Å². The molecule has 12 rings (SSSR count). The number of hydrogen-bond donors (Lipinski definition) is 0. The lowest BCUT2D eigenvalue weighted by molar-refractivity contribution is 0.661. The summed E-state index contributed by atoms with van der Waals surface area (Å²) in [7, 11) is 0. The monoisotopic (exact) mass is 728 g/mol. The Balaban J connectivity index is 1.01. The van der Waals surface area contributed by atoms with Crippen LogP contribution in [0.5, 0.6) is 0 Å². The van der Waals surface area contributed by atoms with Crippen LogP contribution in [0.2, 0.25) is 0 Å². The number of hydrogen-bond acceptors (Lipinski definition) is 1. The van der Waals surface area contributed by atoms with Gasteiger partial charge in [0.2, 0.25) is 0 Å². The van der Waals surface area contributed by atoms with Crippen molar-refractivity contribution in [2.24, 2.45) is 0 Å². The fourth-order valence-corrected chi connectivity index (χ4v) is 11.2. The van der Waals surface area contributed by atoms with Gasteiger partial charge in [-0.25, -0.2) is 0 Å². The van der Waals surface area contributed by atoms with Gasteiger partial charge in [0.15, 0.2) is 0 Å². The first-order chi connectivity index (χ1) is 27.5. The standard InChI is InChI=1S/C55H36S/c1-55(2)47-28-26-38(32-46(47)52-48(55)29-30-49-53(52)45-27-25-35-12-5-6-14-40(35)54(45)56-49)34-19-22-36(23-20-34)50-41-15-7-9-17-43(41)51(44-18-10-8-16-42(44)50)39-24-21-33-11-3-4-13-37(33)31-39/h3-32H,1-2H3. The Morgan fingerprint density at radius 2 is 0.893 bits per heavy atom. The van der Waals surface area contributed by atoms with Gasteiger partial charge in [-0.2, -0.15) is 0 Å². The van der Waals surface area contributed by atoms with Gasteiger partial charge >= 0.3 is 0 Å². The molecule has 0 bridgehead atoms. The van der Waals surface area contributed by atoms with Crippen LogP contribution in [0, 0.1) is 0 Å². The first-order valence-corrected chi connectivity index (χ1v) is 20.4. The van der Waals surface area contributed by atoms with Gasteiger partial charge in [0, 0.05) is 25.6 Å². The van der Waals surface area contributed by atoms with Crippen LogP contribution in [0.4, 0.5) is 0 Å². The lowest BCUT2D eigenvalue weighted by atomic mass is 9.82. The van der Waals surface area contributed by atoms with Crippen molar-refractivity contribution in [3.8, 4) is 44.5 Å². The Morgan fingerprint density at radius 3 is 1.61 bits per heavy atom. The summed E-state index contributed by atoms with van der Waals surface area (Å²) in [5, 5.41) is 13.0. The summed E-state index contributed by atoms with van der Waals surface area (Å²) in [5.41, 5.74) is 13.1. The molecule has 262 valence electrons. The summed E-state index contributed by atoms with van der Waals surface area (Å²) in [5.74, 6) is 0. The molecule has 1 aromatic heterocycles. The van der Waals surface area contributed by atoms with E-state index < -0.39 is 0 Å². The summed E-state index contributed by atoms with van der Waals surface area (Å²) in [6, 6.07) is 68.2.